The minimum Gasteiger partial charge on any atom is -0.477 e. The van der Waals surface area contributed by atoms with Gasteiger partial charge < -0.3 is 5.11 Å². The van der Waals surface area contributed by atoms with Gasteiger partial charge in [-0.1, -0.05) is 6.92 Å². The third kappa shape index (κ3) is 1.91. The number of hydrogen-bond acceptors (Lipinski definition) is 3. The van der Waals surface area contributed by atoms with Gasteiger partial charge in [0.1, 0.15) is 4.88 Å². The molecule has 0 spiro atoms. The maximum absolute atomic E-state index is 12.5. The van der Waals surface area contributed by atoms with Crippen molar-refractivity contribution in [3.05, 3.63) is 15.6 Å². The summed E-state index contributed by atoms with van der Waals surface area (Å²) in [5.74, 6) is -1.27. The Hall–Kier alpha value is -1.11. The zero-order valence-corrected chi connectivity index (χ0v) is 9.02. The lowest BCUT2D eigenvalue weighted by Gasteiger charge is -2.02. The minimum atomic E-state index is -4.69. The first kappa shape index (κ1) is 11.4. The summed E-state index contributed by atoms with van der Waals surface area (Å²) in [5, 5.41) is 8.97. The van der Waals surface area contributed by atoms with Crippen molar-refractivity contribution >= 4 is 17.3 Å². The molecule has 0 saturated heterocycles. The highest BCUT2D eigenvalue weighted by atomic mass is 32.1. The molecule has 7 heteroatoms. The van der Waals surface area contributed by atoms with E-state index in [-0.39, 0.29) is 10.9 Å². The van der Waals surface area contributed by atoms with E-state index in [1.54, 1.807) is 0 Å². The SMILES string of the molecule is CC1CC1c1nc(C(F)(F)F)c(C(=O)O)s1. The fourth-order valence-corrected chi connectivity index (χ4v) is 2.67. The van der Waals surface area contributed by atoms with Gasteiger partial charge in [-0.05, 0) is 12.3 Å². The number of thiazole rings is 1. The highest BCUT2D eigenvalue weighted by molar-refractivity contribution is 7.13. The molecule has 2 unspecified atom stereocenters. The summed E-state index contributed by atoms with van der Waals surface area (Å²) in [6, 6.07) is 0. The van der Waals surface area contributed by atoms with Gasteiger partial charge in [-0.2, -0.15) is 13.2 Å². The monoisotopic (exact) mass is 251 g/mol. The molecule has 0 radical (unpaired) electrons. The second-order valence-corrected chi connectivity index (χ2v) is 4.88. The highest BCUT2D eigenvalue weighted by Crippen LogP contribution is 2.49. The third-order valence-corrected chi connectivity index (χ3v) is 3.71. The van der Waals surface area contributed by atoms with E-state index in [2.05, 4.69) is 4.98 Å². The van der Waals surface area contributed by atoms with Gasteiger partial charge in [0.05, 0.1) is 5.01 Å². The largest absolute Gasteiger partial charge is 0.477 e. The summed E-state index contributed by atoms with van der Waals surface area (Å²) in [6.45, 7) is 1.90. The van der Waals surface area contributed by atoms with Crippen molar-refractivity contribution in [2.75, 3.05) is 0 Å². The Morgan fingerprint density at radius 1 is 1.56 bits per heavy atom. The number of carbonyl (C=O) groups is 1. The molecule has 1 aromatic heterocycles. The molecule has 0 aliphatic heterocycles. The highest BCUT2D eigenvalue weighted by Gasteiger charge is 2.43. The molecule has 2 atom stereocenters. The summed E-state index contributed by atoms with van der Waals surface area (Å²) < 4.78 is 37.5. The number of carboxylic acids is 1. The minimum absolute atomic E-state index is 0.000741. The van der Waals surface area contributed by atoms with E-state index in [4.69, 9.17) is 5.11 Å². The lowest BCUT2D eigenvalue weighted by molar-refractivity contribution is -0.141. The topological polar surface area (TPSA) is 50.2 Å². The number of rotatable bonds is 2. The van der Waals surface area contributed by atoms with Crippen LogP contribution in [-0.4, -0.2) is 16.1 Å². The molecule has 1 aromatic rings. The number of nitrogens with zero attached hydrogens (tertiary/aromatic N) is 1. The average molecular weight is 251 g/mol. The standard InChI is InChI=1S/C9H8F3NO2S/c1-3-2-4(3)7-13-6(9(10,11)12)5(16-7)8(14)15/h3-4H,2H2,1H3,(H,14,15). The normalized spacial score (nSPS) is 24.5. The maximum Gasteiger partial charge on any atom is 0.435 e. The molecular formula is C9H8F3NO2S. The van der Waals surface area contributed by atoms with Crippen LogP contribution in [0.2, 0.25) is 0 Å². The second kappa shape index (κ2) is 3.44. The summed E-state index contributed by atoms with van der Waals surface area (Å²) in [7, 11) is 0. The quantitative estimate of drug-likeness (QED) is 0.879. The van der Waals surface area contributed by atoms with Crippen molar-refractivity contribution < 1.29 is 23.1 Å². The molecule has 0 aromatic carbocycles. The zero-order chi connectivity index (χ0) is 12.1. The third-order valence-electron chi connectivity index (χ3n) is 2.53. The van der Waals surface area contributed by atoms with E-state index >= 15 is 0 Å². The first-order chi connectivity index (χ1) is 7.30. The molecule has 88 valence electrons. The van der Waals surface area contributed by atoms with Crippen LogP contribution in [0.3, 0.4) is 0 Å². The molecule has 16 heavy (non-hydrogen) atoms. The molecule has 1 aliphatic carbocycles. The molecule has 0 amide bonds. The van der Waals surface area contributed by atoms with Crippen LogP contribution in [0.5, 0.6) is 0 Å². The number of alkyl halides is 3. The van der Waals surface area contributed by atoms with E-state index in [9.17, 15) is 18.0 Å². The number of aromatic nitrogens is 1. The molecule has 1 fully saturated rings. The predicted octanol–water partition coefficient (Wildman–Crippen LogP) is 2.98. The van der Waals surface area contributed by atoms with Crippen molar-refractivity contribution in [2.24, 2.45) is 5.92 Å². The zero-order valence-electron chi connectivity index (χ0n) is 8.21. The second-order valence-electron chi connectivity index (χ2n) is 3.85. The molecular weight excluding hydrogens is 243 g/mol. The Balaban J connectivity index is 2.42. The van der Waals surface area contributed by atoms with Gasteiger partial charge in [-0.25, -0.2) is 9.78 Å². The Kier molecular flexibility index (Phi) is 2.45. The van der Waals surface area contributed by atoms with Crippen LogP contribution in [0, 0.1) is 5.92 Å². The van der Waals surface area contributed by atoms with Crippen molar-refractivity contribution in [2.45, 2.75) is 25.4 Å². The Labute approximate surface area is 92.9 Å². The Morgan fingerprint density at radius 2 is 2.12 bits per heavy atom. The number of carboxylic acid groups (broad SMARTS) is 1. The van der Waals surface area contributed by atoms with E-state index in [0.717, 1.165) is 6.42 Å². The van der Waals surface area contributed by atoms with E-state index < -0.39 is 22.7 Å². The van der Waals surface area contributed by atoms with Crippen LogP contribution >= 0.6 is 11.3 Å². The fraction of sp³-hybridized carbons (Fsp3) is 0.556. The van der Waals surface area contributed by atoms with Gasteiger partial charge in [0.2, 0.25) is 0 Å². The first-order valence-corrected chi connectivity index (χ1v) is 5.43. The fourth-order valence-electron chi connectivity index (χ4n) is 1.50. The van der Waals surface area contributed by atoms with Crippen LogP contribution in [0.4, 0.5) is 13.2 Å². The van der Waals surface area contributed by atoms with Crippen molar-refractivity contribution in [3.63, 3.8) is 0 Å². The number of halogens is 3. The van der Waals surface area contributed by atoms with Crippen LogP contribution < -0.4 is 0 Å². The van der Waals surface area contributed by atoms with Gasteiger partial charge in [0, 0.05) is 5.92 Å². The van der Waals surface area contributed by atoms with E-state index in [0.29, 0.717) is 17.3 Å². The van der Waals surface area contributed by atoms with Gasteiger partial charge in [0.25, 0.3) is 0 Å². The summed E-state index contributed by atoms with van der Waals surface area (Å²) in [4.78, 5) is 13.4. The van der Waals surface area contributed by atoms with Gasteiger partial charge in [0.15, 0.2) is 5.69 Å². The van der Waals surface area contributed by atoms with Gasteiger partial charge >= 0.3 is 12.1 Å². The predicted molar refractivity (Wildman–Crippen MR) is 50.6 cm³/mol. The summed E-state index contributed by atoms with van der Waals surface area (Å²) >= 11 is 0.638. The first-order valence-electron chi connectivity index (χ1n) is 4.62. The van der Waals surface area contributed by atoms with Crippen molar-refractivity contribution in [3.8, 4) is 0 Å². The molecule has 1 aliphatic rings. The van der Waals surface area contributed by atoms with Crippen molar-refractivity contribution in [1.82, 2.24) is 4.98 Å². The molecule has 3 nitrogen and oxygen atoms in total. The number of hydrogen-bond donors (Lipinski definition) is 1. The average Bonchev–Trinajstić information content (AvgIpc) is 2.70. The maximum atomic E-state index is 12.5. The summed E-state index contributed by atoms with van der Waals surface area (Å²) in [6.07, 6.45) is -3.91. The molecule has 2 rings (SSSR count). The smallest absolute Gasteiger partial charge is 0.435 e. The van der Waals surface area contributed by atoms with E-state index in [1.165, 1.54) is 0 Å². The Bertz CT molecular complexity index is 440. The van der Waals surface area contributed by atoms with Crippen LogP contribution in [0.1, 0.15) is 39.6 Å². The summed E-state index contributed by atoms with van der Waals surface area (Å²) in [5.41, 5.74) is -1.26. The van der Waals surface area contributed by atoms with Crippen molar-refractivity contribution in [1.29, 1.82) is 0 Å². The van der Waals surface area contributed by atoms with E-state index in [1.807, 2.05) is 6.92 Å². The molecule has 1 N–H and O–H groups in total. The van der Waals surface area contributed by atoms with Crippen LogP contribution in [0.25, 0.3) is 0 Å². The van der Waals surface area contributed by atoms with Crippen LogP contribution in [-0.2, 0) is 6.18 Å². The van der Waals surface area contributed by atoms with Gasteiger partial charge in [-0.3, -0.25) is 0 Å². The lowest BCUT2D eigenvalue weighted by atomic mass is 10.3. The Morgan fingerprint density at radius 3 is 2.44 bits per heavy atom. The molecule has 1 heterocycles. The van der Waals surface area contributed by atoms with Gasteiger partial charge in [-0.15, -0.1) is 11.3 Å². The number of aromatic carboxylic acids is 1. The van der Waals surface area contributed by atoms with Crippen LogP contribution in [0.15, 0.2) is 0 Å². The molecule has 1 saturated carbocycles. The molecule has 0 bridgehead atoms. The lowest BCUT2D eigenvalue weighted by Crippen LogP contribution is -2.11.